The molecule has 0 nitrogen and oxygen atoms in total. The Bertz CT molecular complexity index is 341. The Kier molecular flexibility index (Phi) is 10.9. The van der Waals surface area contributed by atoms with E-state index in [2.05, 4.69) is 54.0 Å². The highest BCUT2D eigenvalue weighted by molar-refractivity contribution is 9.09. The van der Waals surface area contributed by atoms with Crippen LogP contribution in [0.3, 0.4) is 0 Å². The number of unbranched alkanes of at least 4 members (excludes halogenated alkanes) is 7. The third-order valence-electron chi connectivity index (χ3n) is 4.22. The molecular formula is C20H33Br. The molecule has 0 radical (unpaired) electrons. The zero-order valence-electron chi connectivity index (χ0n) is 14.0. The maximum absolute atomic E-state index is 3.86. The smallest absolute Gasteiger partial charge is 0.0395 e. The lowest BCUT2D eigenvalue weighted by molar-refractivity contribution is 0.574. The van der Waals surface area contributed by atoms with E-state index in [1.165, 1.54) is 81.8 Å². The van der Waals surface area contributed by atoms with Crippen molar-refractivity contribution < 1.29 is 0 Å². The summed E-state index contributed by atoms with van der Waals surface area (Å²) in [5.41, 5.74) is 2.93. The van der Waals surface area contributed by atoms with Gasteiger partial charge in [0.25, 0.3) is 0 Å². The van der Waals surface area contributed by atoms with Crippen molar-refractivity contribution in [1.82, 2.24) is 0 Å². The summed E-state index contributed by atoms with van der Waals surface area (Å²) >= 11 is 3.86. The highest BCUT2D eigenvalue weighted by Crippen LogP contribution is 2.29. The van der Waals surface area contributed by atoms with Crippen LogP contribution >= 0.6 is 15.9 Å². The van der Waals surface area contributed by atoms with Crippen molar-refractivity contribution in [1.29, 1.82) is 0 Å². The lowest BCUT2D eigenvalue weighted by Crippen LogP contribution is -1.92. The van der Waals surface area contributed by atoms with Gasteiger partial charge in [-0.3, -0.25) is 0 Å². The molecule has 0 spiro atoms. The molecule has 21 heavy (non-hydrogen) atoms. The average molecular weight is 353 g/mol. The number of hydrogen-bond acceptors (Lipinski definition) is 0. The predicted molar refractivity (Wildman–Crippen MR) is 99.3 cm³/mol. The molecule has 0 saturated carbocycles. The van der Waals surface area contributed by atoms with Crippen LogP contribution in [0.15, 0.2) is 24.3 Å². The first-order valence-electron chi connectivity index (χ1n) is 9.00. The monoisotopic (exact) mass is 352 g/mol. The standard InChI is InChI=1S/C20H33Br/c1-3-5-7-8-9-10-11-13-20(21)19-16-14-18(15-17-19)12-6-4-2/h14-17,20H,3-13H2,1-2H3. The van der Waals surface area contributed by atoms with Crippen molar-refractivity contribution in [2.45, 2.75) is 89.3 Å². The van der Waals surface area contributed by atoms with E-state index in [0.717, 1.165) is 0 Å². The van der Waals surface area contributed by atoms with Gasteiger partial charge in [-0.05, 0) is 30.4 Å². The van der Waals surface area contributed by atoms with E-state index in [-0.39, 0.29) is 0 Å². The molecule has 0 aliphatic carbocycles. The molecular weight excluding hydrogens is 320 g/mol. The summed E-state index contributed by atoms with van der Waals surface area (Å²) in [4.78, 5) is 0.536. The molecule has 0 N–H and O–H groups in total. The van der Waals surface area contributed by atoms with Crippen LogP contribution in [0.25, 0.3) is 0 Å². The number of alkyl halides is 1. The van der Waals surface area contributed by atoms with E-state index >= 15 is 0 Å². The topological polar surface area (TPSA) is 0 Å². The number of rotatable bonds is 12. The number of hydrogen-bond donors (Lipinski definition) is 0. The minimum absolute atomic E-state index is 0.536. The summed E-state index contributed by atoms with van der Waals surface area (Å²) in [7, 11) is 0. The summed E-state index contributed by atoms with van der Waals surface area (Å²) in [6.45, 7) is 4.54. The molecule has 0 saturated heterocycles. The lowest BCUT2D eigenvalue weighted by Gasteiger charge is -2.11. The Hall–Kier alpha value is -0.300. The van der Waals surface area contributed by atoms with Crippen LogP contribution in [0.1, 0.15) is 94.0 Å². The van der Waals surface area contributed by atoms with Crippen LogP contribution in [0.2, 0.25) is 0 Å². The lowest BCUT2D eigenvalue weighted by atomic mass is 10.0. The fourth-order valence-electron chi connectivity index (χ4n) is 2.72. The Morgan fingerprint density at radius 2 is 1.33 bits per heavy atom. The number of benzene rings is 1. The Balaban J connectivity index is 2.17. The Morgan fingerprint density at radius 3 is 1.95 bits per heavy atom. The molecule has 120 valence electrons. The summed E-state index contributed by atoms with van der Waals surface area (Å²) in [5.74, 6) is 0. The Morgan fingerprint density at radius 1 is 0.762 bits per heavy atom. The fourth-order valence-corrected chi connectivity index (χ4v) is 3.35. The summed E-state index contributed by atoms with van der Waals surface area (Å²) < 4.78 is 0. The first-order valence-corrected chi connectivity index (χ1v) is 9.92. The van der Waals surface area contributed by atoms with Gasteiger partial charge in [0, 0.05) is 4.83 Å². The van der Waals surface area contributed by atoms with Crippen LogP contribution in [0, 0.1) is 0 Å². The molecule has 1 rings (SSSR count). The van der Waals surface area contributed by atoms with Gasteiger partial charge in [-0.15, -0.1) is 0 Å². The second-order valence-electron chi connectivity index (χ2n) is 6.22. The van der Waals surface area contributed by atoms with Gasteiger partial charge in [0.15, 0.2) is 0 Å². The molecule has 0 aliphatic heterocycles. The molecule has 1 atom stereocenters. The largest absolute Gasteiger partial charge is 0.0839 e. The van der Waals surface area contributed by atoms with E-state index in [1.807, 2.05) is 0 Å². The zero-order chi connectivity index (χ0) is 15.3. The minimum atomic E-state index is 0.536. The van der Waals surface area contributed by atoms with Crippen molar-refractivity contribution >= 4 is 15.9 Å². The van der Waals surface area contributed by atoms with Crippen LogP contribution in [-0.2, 0) is 6.42 Å². The van der Waals surface area contributed by atoms with E-state index in [0.29, 0.717) is 4.83 Å². The molecule has 0 amide bonds. The van der Waals surface area contributed by atoms with Crippen LogP contribution in [0.4, 0.5) is 0 Å². The van der Waals surface area contributed by atoms with Crippen molar-refractivity contribution in [2.75, 3.05) is 0 Å². The van der Waals surface area contributed by atoms with Gasteiger partial charge in [0.2, 0.25) is 0 Å². The van der Waals surface area contributed by atoms with Crippen molar-refractivity contribution in [3.63, 3.8) is 0 Å². The van der Waals surface area contributed by atoms with E-state index < -0.39 is 0 Å². The van der Waals surface area contributed by atoms with Gasteiger partial charge in [-0.1, -0.05) is 105 Å². The van der Waals surface area contributed by atoms with Crippen molar-refractivity contribution in [2.24, 2.45) is 0 Å². The first-order chi connectivity index (χ1) is 10.3. The quantitative estimate of drug-likeness (QED) is 0.268. The predicted octanol–water partition coefficient (Wildman–Crippen LogP) is 7.61. The van der Waals surface area contributed by atoms with Crippen molar-refractivity contribution in [3.8, 4) is 0 Å². The van der Waals surface area contributed by atoms with E-state index in [4.69, 9.17) is 0 Å². The summed E-state index contributed by atoms with van der Waals surface area (Å²) in [6, 6.07) is 9.24. The van der Waals surface area contributed by atoms with Crippen LogP contribution in [-0.4, -0.2) is 0 Å². The fraction of sp³-hybridized carbons (Fsp3) is 0.700. The van der Waals surface area contributed by atoms with Gasteiger partial charge in [-0.2, -0.15) is 0 Å². The maximum Gasteiger partial charge on any atom is 0.0395 e. The molecule has 1 unspecified atom stereocenters. The second kappa shape index (κ2) is 12.3. The first kappa shape index (κ1) is 18.7. The number of aryl methyl sites for hydroxylation is 1. The highest BCUT2D eigenvalue weighted by Gasteiger charge is 2.07. The molecule has 0 bridgehead atoms. The maximum atomic E-state index is 3.86. The van der Waals surface area contributed by atoms with Crippen molar-refractivity contribution in [3.05, 3.63) is 35.4 Å². The van der Waals surface area contributed by atoms with E-state index in [9.17, 15) is 0 Å². The van der Waals surface area contributed by atoms with E-state index in [1.54, 1.807) is 0 Å². The Labute approximate surface area is 140 Å². The highest BCUT2D eigenvalue weighted by atomic mass is 79.9. The average Bonchev–Trinajstić information content (AvgIpc) is 2.52. The molecule has 1 aromatic carbocycles. The number of halogens is 1. The summed E-state index contributed by atoms with van der Waals surface area (Å²) in [6.07, 6.45) is 14.8. The molecule has 1 heteroatoms. The van der Waals surface area contributed by atoms with Gasteiger partial charge >= 0.3 is 0 Å². The van der Waals surface area contributed by atoms with Crippen LogP contribution < -0.4 is 0 Å². The van der Waals surface area contributed by atoms with Gasteiger partial charge < -0.3 is 0 Å². The van der Waals surface area contributed by atoms with Crippen LogP contribution in [0.5, 0.6) is 0 Å². The third-order valence-corrected chi connectivity index (χ3v) is 5.21. The second-order valence-corrected chi connectivity index (χ2v) is 7.33. The zero-order valence-corrected chi connectivity index (χ0v) is 15.6. The van der Waals surface area contributed by atoms with Gasteiger partial charge in [0.1, 0.15) is 0 Å². The molecule has 0 aliphatic rings. The molecule has 1 aromatic rings. The molecule has 0 heterocycles. The normalized spacial score (nSPS) is 12.5. The SMILES string of the molecule is CCCCCCCCCC(Br)c1ccc(CCCC)cc1. The minimum Gasteiger partial charge on any atom is -0.0839 e. The molecule has 0 aromatic heterocycles. The molecule has 0 fully saturated rings. The summed E-state index contributed by atoms with van der Waals surface area (Å²) in [5, 5.41) is 0. The van der Waals surface area contributed by atoms with Gasteiger partial charge in [0.05, 0.1) is 0 Å². The van der Waals surface area contributed by atoms with Gasteiger partial charge in [-0.25, -0.2) is 0 Å². The third kappa shape index (κ3) is 8.66.